The van der Waals surface area contributed by atoms with E-state index in [2.05, 4.69) is 5.32 Å². The van der Waals surface area contributed by atoms with E-state index >= 15 is 0 Å². The smallest absolute Gasteiger partial charge is 0.282 e. The summed E-state index contributed by atoms with van der Waals surface area (Å²) in [6, 6.07) is 19.0. The fourth-order valence-electron chi connectivity index (χ4n) is 3.73. The number of carbonyl (C=O) groups excluding carboxylic acids is 2. The first-order chi connectivity index (χ1) is 16.5. The van der Waals surface area contributed by atoms with Crippen LogP contribution in [0.3, 0.4) is 0 Å². The van der Waals surface area contributed by atoms with E-state index in [0.717, 1.165) is 4.90 Å². The van der Waals surface area contributed by atoms with Crippen LogP contribution in [0.1, 0.15) is 5.56 Å². The lowest BCUT2D eigenvalue weighted by atomic mass is 10.0. The Kier molecular flexibility index (Phi) is 6.40. The molecule has 8 nitrogen and oxygen atoms in total. The molecule has 0 saturated heterocycles. The van der Waals surface area contributed by atoms with Gasteiger partial charge in [-0.2, -0.15) is 0 Å². The van der Waals surface area contributed by atoms with Crippen LogP contribution in [0, 0.1) is 0 Å². The summed E-state index contributed by atoms with van der Waals surface area (Å²) in [4.78, 5) is 28.4. The molecule has 8 heteroatoms. The Morgan fingerprint density at radius 3 is 1.88 bits per heavy atom. The van der Waals surface area contributed by atoms with Crippen molar-refractivity contribution >= 4 is 28.8 Å². The number of hydrogen-bond acceptors (Lipinski definition) is 7. The maximum Gasteiger partial charge on any atom is 0.282 e. The summed E-state index contributed by atoms with van der Waals surface area (Å²) in [5.74, 6) is 1.12. The van der Waals surface area contributed by atoms with Gasteiger partial charge in [0.25, 0.3) is 11.8 Å². The highest BCUT2D eigenvalue weighted by molar-refractivity contribution is 6.46. The van der Waals surface area contributed by atoms with Crippen LogP contribution in [0.25, 0.3) is 5.57 Å². The zero-order valence-corrected chi connectivity index (χ0v) is 19.2. The first-order valence-electron chi connectivity index (χ1n) is 10.4. The van der Waals surface area contributed by atoms with E-state index in [0.29, 0.717) is 39.9 Å². The summed E-state index contributed by atoms with van der Waals surface area (Å²) in [5.41, 5.74) is 1.79. The molecule has 0 spiro atoms. The Balaban J connectivity index is 1.85. The van der Waals surface area contributed by atoms with Crippen LogP contribution in [-0.2, 0) is 9.59 Å². The van der Waals surface area contributed by atoms with Crippen molar-refractivity contribution in [2.75, 3.05) is 38.7 Å². The average Bonchev–Trinajstić information content (AvgIpc) is 3.12. The zero-order valence-electron chi connectivity index (χ0n) is 19.2. The molecule has 2 amide bonds. The molecule has 1 N–H and O–H groups in total. The molecule has 3 aromatic rings. The predicted octanol–water partition coefficient (Wildman–Crippen LogP) is 4.12. The zero-order chi connectivity index (χ0) is 24.2. The molecule has 4 rings (SSSR count). The van der Waals surface area contributed by atoms with Gasteiger partial charge in [-0.25, -0.2) is 4.90 Å². The van der Waals surface area contributed by atoms with Crippen molar-refractivity contribution in [1.29, 1.82) is 0 Å². The molecule has 174 valence electrons. The van der Waals surface area contributed by atoms with Crippen molar-refractivity contribution in [2.24, 2.45) is 0 Å². The first kappa shape index (κ1) is 22.7. The number of hydrogen-bond donors (Lipinski definition) is 1. The van der Waals surface area contributed by atoms with E-state index in [1.165, 1.54) is 21.3 Å². The number of rotatable bonds is 8. The maximum absolute atomic E-state index is 13.7. The number of anilines is 2. The molecular weight excluding hydrogens is 436 g/mol. The van der Waals surface area contributed by atoms with Crippen molar-refractivity contribution in [3.05, 3.63) is 78.0 Å². The van der Waals surface area contributed by atoms with Gasteiger partial charge in [-0.3, -0.25) is 9.59 Å². The lowest BCUT2D eigenvalue weighted by Crippen LogP contribution is -2.32. The number of nitrogens with zero attached hydrogens (tertiary/aromatic N) is 1. The number of nitrogens with one attached hydrogen (secondary N) is 1. The summed E-state index contributed by atoms with van der Waals surface area (Å²) >= 11 is 0. The van der Waals surface area contributed by atoms with Gasteiger partial charge in [0.15, 0.2) is 0 Å². The minimum atomic E-state index is -0.512. The highest BCUT2D eigenvalue weighted by Crippen LogP contribution is 2.38. The summed E-state index contributed by atoms with van der Waals surface area (Å²) in [5, 5.41) is 3.12. The molecule has 1 aliphatic heterocycles. The largest absolute Gasteiger partial charge is 0.497 e. The fourth-order valence-corrected chi connectivity index (χ4v) is 3.73. The van der Waals surface area contributed by atoms with Crippen molar-refractivity contribution in [3.63, 3.8) is 0 Å². The summed E-state index contributed by atoms with van der Waals surface area (Å²) in [6.45, 7) is 0. The first-order valence-corrected chi connectivity index (χ1v) is 10.4. The molecule has 0 radical (unpaired) electrons. The van der Waals surface area contributed by atoms with Crippen LogP contribution >= 0.6 is 0 Å². The van der Waals surface area contributed by atoms with Crippen LogP contribution in [0.5, 0.6) is 23.0 Å². The molecule has 0 aromatic heterocycles. The van der Waals surface area contributed by atoms with Gasteiger partial charge in [0.05, 0.1) is 39.7 Å². The van der Waals surface area contributed by atoms with E-state index in [9.17, 15) is 9.59 Å². The van der Waals surface area contributed by atoms with Crippen molar-refractivity contribution < 1.29 is 28.5 Å². The molecular formula is C26H24N2O6. The molecule has 1 heterocycles. The van der Waals surface area contributed by atoms with E-state index in [-0.39, 0.29) is 11.3 Å². The molecule has 0 saturated carbocycles. The van der Waals surface area contributed by atoms with Crippen LogP contribution in [0.15, 0.2) is 72.4 Å². The number of amides is 2. The Bertz CT molecular complexity index is 1240. The SMILES string of the molecule is COc1ccc(C2=C(Nc3cc(OC)cc(OC)c3)C(=O)N(c3ccccc3OC)C2=O)cc1. The normalized spacial score (nSPS) is 13.2. The van der Waals surface area contributed by atoms with Gasteiger partial charge in [-0.05, 0) is 29.8 Å². The van der Waals surface area contributed by atoms with Gasteiger partial charge in [-0.15, -0.1) is 0 Å². The van der Waals surface area contributed by atoms with Crippen LogP contribution in [0.4, 0.5) is 11.4 Å². The molecule has 0 fully saturated rings. The van der Waals surface area contributed by atoms with Gasteiger partial charge in [0.2, 0.25) is 0 Å². The van der Waals surface area contributed by atoms with E-state index in [4.69, 9.17) is 18.9 Å². The van der Waals surface area contributed by atoms with Gasteiger partial charge >= 0.3 is 0 Å². The highest BCUT2D eigenvalue weighted by Gasteiger charge is 2.41. The number of methoxy groups -OCH3 is 4. The van der Waals surface area contributed by atoms with Crippen LogP contribution < -0.4 is 29.2 Å². The topological polar surface area (TPSA) is 86.3 Å². The van der Waals surface area contributed by atoms with Crippen molar-refractivity contribution in [2.45, 2.75) is 0 Å². The second-order valence-corrected chi connectivity index (χ2v) is 7.32. The standard InChI is InChI=1S/C26H24N2O6/c1-31-18-11-9-16(10-12-18)23-24(27-17-13-19(32-2)15-20(14-17)33-3)26(30)28(25(23)29)21-7-5-6-8-22(21)34-4/h5-15,27H,1-4H3. The quantitative estimate of drug-likeness (QED) is 0.506. The maximum atomic E-state index is 13.7. The summed E-state index contributed by atoms with van der Waals surface area (Å²) in [6.07, 6.45) is 0. The monoisotopic (exact) mass is 460 g/mol. The minimum absolute atomic E-state index is 0.122. The number of carbonyl (C=O) groups is 2. The van der Waals surface area contributed by atoms with Crippen molar-refractivity contribution in [1.82, 2.24) is 0 Å². The highest BCUT2D eigenvalue weighted by atomic mass is 16.5. The second-order valence-electron chi connectivity index (χ2n) is 7.32. The van der Waals surface area contributed by atoms with Gasteiger partial charge in [0, 0.05) is 23.9 Å². The van der Waals surface area contributed by atoms with Gasteiger partial charge in [0.1, 0.15) is 28.7 Å². The fraction of sp³-hybridized carbons (Fsp3) is 0.154. The molecule has 3 aromatic carbocycles. The Morgan fingerprint density at radius 2 is 1.29 bits per heavy atom. The Morgan fingerprint density at radius 1 is 0.676 bits per heavy atom. The average molecular weight is 460 g/mol. The Labute approximate surface area is 197 Å². The van der Waals surface area contributed by atoms with Gasteiger partial charge in [-0.1, -0.05) is 24.3 Å². The molecule has 0 aliphatic carbocycles. The van der Waals surface area contributed by atoms with Gasteiger partial charge < -0.3 is 24.3 Å². The Hall–Kier alpha value is -4.46. The molecule has 0 bridgehead atoms. The predicted molar refractivity (Wildman–Crippen MR) is 129 cm³/mol. The summed E-state index contributed by atoms with van der Waals surface area (Å²) < 4.78 is 21.3. The lowest BCUT2D eigenvalue weighted by Gasteiger charge is -2.18. The summed E-state index contributed by atoms with van der Waals surface area (Å²) in [7, 11) is 6.12. The lowest BCUT2D eigenvalue weighted by molar-refractivity contribution is -0.120. The molecule has 1 aliphatic rings. The second kappa shape index (κ2) is 9.58. The van der Waals surface area contributed by atoms with Crippen LogP contribution in [-0.4, -0.2) is 40.3 Å². The third-order valence-corrected chi connectivity index (χ3v) is 5.41. The van der Waals surface area contributed by atoms with E-state index < -0.39 is 11.8 Å². The van der Waals surface area contributed by atoms with Crippen molar-refractivity contribution in [3.8, 4) is 23.0 Å². The molecule has 34 heavy (non-hydrogen) atoms. The minimum Gasteiger partial charge on any atom is -0.497 e. The van der Waals surface area contributed by atoms with Crippen LogP contribution in [0.2, 0.25) is 0 Å². The molecule has 0 unspecified atom stereocenters. The third-order valence-electron chi connectivity index (χ3n) is 5.41. The number of benzene rings is 3. The van der Waals surface area contributed by atoms with E-state index in [1.807, 2.05) is 0 Å². The van der Waals surface area contributed by atoms with E-state index in [1.54, 1.807) is 73.8 Å². The third kappa shape index (κ3) is 4.13. The number of para-hydroxylation sites is 2. The molecule has 0 atom stereocenters. The number of ether oxygens (including phenoxy) is 4. The number of imide groups is 1.